The highest BCUT2D eigenvalue weighted by Crippen LogP contribution is 2.35. The Labute approximate surface area is 171 Å². The summed E-state index contributed by atoms with van der Waals surface area (Å²) in [5.74, 6) is -0.213. The van der Waals surface area contributed by atoms with Crippen LogP contribution in [0.3, 0.4) is 0 Å². The summed E-state index contributed by atoms with van der Waals surface area (Å²) >= 11 is 0. The standard InChI is InChI=1S/C20H19N3O7/c1-4-28-17-10-14(15(23(25)26)11-16(17)27-3)20(24)29-12(2)19-21-18(22-30-19)13-8-6-5-7-9-13/h5-12H,4H2,1-3H3/t12-/m0/s1. The number of nitrogens with zero attached hydrogens (tertiary/aromatic N) is 3. The van der Waals surface area contributed by atoms with Crippen LogP contribution in [0.2, 0.25) is 0 Å². The van der Waals surface area contributed by atoms with Crippen LogP contribution in [0.4, 0.5) is 5.69 Å². The number of aromatic nitrogens is 2. The molecule has 10 nitrogen and oxygen atoms in total. The number of benzene rings is 2. The molecular formula is C20H19N3O7. The summed E-state index contributed by atoms with van der Waals surface area (Å²) in [6.07, 6.45) is -0.931. The Hall–Kier alpha value is -3.95. The van der Waals surface area contributed by atoms with Gasteiger partial charge in [0.2, 0.25) is 5.82 Å². The van der Waals surface area contributed by atoms with Gasteiger partial charge in [-0.25, -0.2) is 4.79 Å². The second-order valence-electron chi connectivity index (χ2n) is 6.08. The fourth-order valence-electron chi connectivity index (χ4n) is 2.67. The van der Waals surface area contributed by atoms with Gasteiger partial charge in [0.15, 0.2) is 17.6 Å². The predicted octanol–water partition coefficient (Wildman–Crippen LogP) is 3.97. The van der Waals surface area contributed by atoms with Gasteiger partial charge >= 0.3 is 5.97 Å². The molecule has 0 bridgehead atoms. The number of ether oxygens (including phenoxy) is 3. The van der Waals surface area contributed by atoms with Crippen molar-refractivity contribution in [3.05, 3.63) is 64.0 Å². The molecule has 0 aliphatic carbocycles. The van der Waals surface area contributed by atoms with Crippen LogP contribution in [0.1, 0.15) is 36.2 Å². The molecule has 0 fully saturated rings. The van der Waals surface area contributed by atoms with Crippen LogP contribution in [0.5, 0.6) is 11.5 Å². The smallest absolute Gasteiger partial charge is 0.346 e. The Morgan fingerprint density at radius 3 is 2.60 bits per heavy atom. The average Bonchev–Trinajstić information content (AvgIpc) is 3.24. The van der Waals surface area contributed by atoms with Gasteiger partial charge in [0, 0.05) is 11.6 Å². The zero-order valence-corrected chi connectivity index (χ0v) is 16.5. The van der Waals surface area contributed by atoms with E-state index in [0.717, 1.165) is 11.6 Å². The summed E-state index contributed by atoms with van der Waals surface area (Å²) in [5, 5.41) is 15.3. The summed E-state index contributed by atoms with van der Waals surface area (Å²) in [5.41, 5.74) is -0.0138. The van der Waals surface area contributed by atoms with Gasteiger partial charge in [0.1, 0.15) is 5.56 Å². The minimum atomic E-state index is -0.933. The van der Waals surface area contributed by atoms with Gasteiger partial charge in [-0.3, -0.25) is 10.1 Å². The van der Waals surface area contributed by atoms with E-state index in [2.05, 4.69) is 10.1 Å². The molecule has 3 aromatic rings. The van der Waals surface area contributed by atoms with Crippen LogP contribution in [-0.4, -0.2) is 34.7 Å². The molecule has 30 heavy (non-hydrogen) atoms. The van der Waals surface area contributed by atoms with E-state index in [0.29, 0.717) is 5.82 Å². The molecule has 0 amide bonds. The lowest BCUT2D eigenvalue weighted by atomic mass is 10.1. The van der Waals surface area contributed by atoms with Gasteiger partial charge in [-0.15, -0.1) is 0 Å². The fraction of sp³-hybridized carbons (Fsp3) is 0.250. The number of esters is 1. The molecule has 0 N–H and O–H groups in total. The van der Waals surface area contributed by atoms with Crippen molar-refractivity contribution < 1.29 is 28.5 Å². The molecule has 0 aliphatic rings. The van der Waals surface area contributed by atoms with Gasteiger partial charge in [0.25, 0.3) is 11.6 Å². The van der Waals surface area contributed by atoms with Crippen molar-refractivity contribution in [3.63, 3.8) is 0 Å². The molecule has 1 atom stereocenters. The Kier molecular flexibility index (Phi) is 6.26. The maximum absolute atomic E-state index is 12.7. The Morgan fingerprint density at radius 2 is 1.97 bits per heavy atom. The molecule has 0 unspecified atom stereocenters. The van der Waals surface area contributed by atoms with Crippen molar-refractivity contribution in [2.45, 2.75) is 20.0 Å². The zero-order chi connectivity index (χ0) is 21.7. The lowest BCUT2D eigenvalue weighted by Gasteiger charge is -2.13. The zero-order valence-electron chi connectivity index (χ0n) is 16.5. The van der Waals surface area contributed by atoms with E-state index in [1.54, 1.807) is 19.1 Å². The first kappa shape index (κ1) is 20.8. The minimum absolute atomic E-state index is 0.0587. The van der Waals surface area contributed by atoms with Crippen molar-refractivity contribution in [2.75, 3.05) is 13.7 Å². The monoisotopic (exact) mass is 413 g/mol. The number of hydrogen-bond donors (Lipinski definition) is 0. The van der Waals surface area contributed by atoms with Gasteiger partial charge < -0.3 is 18.7 Å². The van der Waals surface area contributed by atoms with Gasteiger partial charge in [0.05, 0.1) is 24.7 Å². The lowest BCUT2D eigenvalue weighted by Crippen LogP contribution is -2.12. The predicted molar refractivity (Wildman–Crippen MR) is 104 cm³/mol. The largest absolute Gasteiger partial charge is 0.493 e. The molecule has 0 saturated heterocycles. The first-order valence-electron chi connectivity index (χ1n) is 9.03. The van der Waals surface area contributed by atoms with E-state index in [9.17, 15) is 14.9 Å². The normalized spacial score (nSPS) is 11.6. The SMILES string of the molecule is CCOc1cc(C(=O)O[C@@H](C)c2nc(-c3ccccc3)no2)c([N+](=O)[O-])cc1OC. The van der Waals surface area contributed by atoms with Crippen LogP contribution in [0.25, 0.3) is 11.4 Å². The number of hydrogen-bond acceptors (Lipinski definition) is 9. The van der Waals surface area contributed by atoms with E-state index >= 15 is 0 Å². The minimum Gasteiger partial charge on any atom is -0.493 e. The molecule has 2 aromatic carbocycles. The third kappa shape index (κ3) is 4.37. The molecule has 10 heteroatoms. The van der Waals surface area contributed by atoms with Gasteiger partial charge in [-0.05, 0) is 13.8 Å². The number of nitro benzene ring substituents is 1. The summed E-state index contributed by atoms with van der Waals surface area (Å²) in [6, 6.07) is 11.5. The highest BCUT2D eigenvalue weighted by atomic mass is 16.6. The third-order valence-corrected chi connectivity index (χ3v) is 4.10. The van der Waals surface area contributed by atoms with Crippen molar-refractivity contribution in [3.8, 4) is 22.9 Å². The number of methoxy groups -OCH3 is 1. The molecular weight excluding hydrogens is 394 g/mol. The van der Waals surface area contributed by atoms with Crippen LogP contribution in [0.15, 0.2) is 47.0 Å². The van der Waals surface area contributed by atoms with Crippen LogP contribution in [-0.2, 0) is 4.74 Å². The van der Waals surface area contributed by atoms with E-state index in [1.165, 1.54) is 20.1 Å². The quantitative estimate of drug-likeness (QED) is 0.306. The van der Waals surface area contributed by atoms with Crippen molar-refractivity contribution in [1.82, 2.24) is 10.1 Å². The number of carbonyl (C=O) groups is 1. The van der Waals surface area contributed by atoms with E-state index in [-0.39, 0.29) is 29.6 Å². The maximum Gasteiger partial charge on any atom is 0.346 e. The highest BCUT2D eigenvalue weighted by Gasteiger charge is 2.28. The van der Waals surface area contributed by atoms with Gasteiger partial charge in [-0.1, -0.05) is 35.5 Å². The topological polar surface area (TPSA) is 127 Å². The van der Waals surface area contributed by atoms with E-state index in [4.69, 9.17) is 18.7 Å². The Morgan fingerprint density at radius 1 is 1.23 bits per heavy atom. The third-order valence-electron chi connectivity index (χ3n) is 4.10. The molecule has 0 radical (unpaired) electrons. The van der Waals surface area contributed by atoms with E-state index in [1.807, 2.05) is 18.2 Å². The van der Waals surface area contributed by atoms with Crippen LogP contribution in [0, 0.1) is 10.1 Å². The number of carbonyl (C=O) groups excluding carboxylic acids is 1. The lowest BCUT2D eigenvalue weighted by molar-refractivity contribution is -0.385. The second kappa shape index (κ2) is 9.03. The summed E-state index contributed by atoms with van der Waals surface area (Å²) in [7, 11) is 1.35. The molecule has 1 heterocycles. The molecule has 1 aromatic heterocycles. The first-order valence-corrected chi connectivity index (χ1v) is 9.03. The van der Waals surface area contributed by atoms with Crippen molar-refractivity contribution in [1.29, 1.82) is 0 Å². The molecule has 156 valence electrons. The Balaban J connectivity index is 1.85. The van der Waals surface area contributed by atoms with Crippen LogP contribution >= 0.6 is 0 Å². The first-order chi connectivity index (χ1) is 14.4. The molecule has 0 spiro atoms. The summed E-state index contributed by atoms with van der Waals surface area (Å²) < 4.78 is 21.0. The maximum atomic E-state index is 12.7. The number of rotatable bonds is 8. The Bertz CT molecular complexity index is 1050. The molecule has 0 aliphatic heterocycles. The molecule has 0 saturated carbocycles. The number of nitro groups is 1. The van der Waals surface area contributed by atoms with Gasteiger partial charge in [-0.2, -0.15) is 4.98 Å². The summed E-state index contributed by atoms with van der Waals surface area (Å²) in [4.78, 5) is 27.6. The van der Waals surface area contributed by atoms with Crippen molar-refractivity contribution in [2.24, 2.45) is 0 Å². The summed E-state index contributed by atoms with van der Waals surface area (Å²) in [6.45, 7) is 3.54. The average molecular weight is 413 g/mol. The fourth-order valence-corrected chi connectivity index (χ4v) is 2.67. The second-order valence-corrected chi connectivity index (χ2v) is 6.08. The van der Waals surface area contributed by atoms with Crippen LogP contribution < -0.4 is 9.47 Å². The molecule has 3 rings (SSSR count). The van der Waals surface area contributed by atoms with E-state index < -0.39 is 22.7 Å². The highest BCUT2D eigenvalue weighted by molar-refractivity contribution is 5.95. The van der Waals surface area contributed by atoms with Crippen molar-refractivity contribution >= 4 is 11.7 Å².